The van der Waals surface area contributed by atoms with E-state index in [1.54, 1.807) is 13.8 Å². The molecule has 6 nitrogen and oxygen atoms in total. The molecule has 1 aliphatic rings. The van der Waals surface area contributed by atoms with Gasteiger partial charge in [-0.25, -0.2) is 18.7 Å². The molecule has 3 aromatic rings. The molecule has 2 aromatic heterocycles. The molecule has 0 radical (unpaired) electrons. The molecule has 0 aliphatic carbocycles. The molecule has 3 heterocycles. The summed E-state index contributed by atoms with van der Waals surface area (Å²) in [6.07, 6.45) is 1.75. The number of aliphatic imine (C=N–C) groups is 1. The van der Waals surface area contributed by atoms with Crippen LogP contribution >= 0.6 is 11.8 Å². The highest BCUT2D eigenvalue weighted by molar-refractivity contribution is 8.14. The molecule has 0 fully saturated rings. The van der Waals surface area contributed by atoms with Gasteiger partial charge in [-0.05, 0) is 33.3 Å². The molecule has 4 rings (SSSR count). The van der Waals surface area contributed by atoms with E-state index in [2.05, 4.69) is 20.1 Å². The van der Waals surface area contributed by atoms with Crippen LogP contribution in [-0.4, -0.2) is 20.3 Å². The van der Waals surface area contributed by atoms with Gasteiger partial charge in [-0.15, -0.1) is 0 Å². The fourth-order valence-corrected chi connectivity index (χ4v) is 5.19. The molecule has 1 aliphatic heterocycles. The summed E-state index contributed by atoms with van der Waals surface area (Å²) in [6, 6.07) is 2.15. The second-order valence-electron chi connectivity index (χ2n) is 7.33. The predicted molar refractivity (Wildman–Crippen MR) is 107 cm³/mol. The minimum atomic E-state index is -1.07. The highest BCUT2D eigenvalue weighted by Gasteiger charge is 2.39. The zero-order valence-corrected chi connectivity index (χ0v) is 17.2. The summed E-state index contributed by atoms with van der Waals surface area (Å²) in [7, 11) is 0. The standard InChI is InChI=1S/C20H18F3N5OS/c1-9-17(10(2)29-28-9)16-6-20(3,27-19(24)30-16)13-4-12(14(21)5-15(13)22)11-7-25-18(23)26-8-11/h4-5,7-8,16H,6H2,1-3H3,(H2,24,27)/t16-,20-/m0/s1. The fourth-order valence-electron chi connectivity index (χ4n) is 3.78. The normalized spacial score (nSPS) is 21.5. The van der Waals surface area contributed by atoms with Gasteiger partial charge in [-0.3, -0.25) is 4.99 Å². The smallest absolute Gasteiger partial charge is 0.308 e. The van der Waals surface area contributed by atoms with Crippen LogP contribution < -0.4 is 5.73 Å². The number of nitrogens with two attached hydrogens (primary N) is 1. The Hall–Kier alpha value is -2.88. The lowest BCUT2D eigenvalue weighted by molar-refractivity contribution is 0.389. The Kier molecular flexibility index (Phi) is 5.05. The van der Waals surface area contributed by atoms with Gasteiger partial charge in [0, 0.05) is 46.0 Å². The minimum Gasteiger partial charge on any atom is -0.378 e. The number of hydrogen-bond acceptors (Lipinski definition) is 7. The fraction of sp³-hybridized carbons (Fsp3) is 0.300. The zero-order chi connectivity index (χ0) is 21.6. The molecule has 2 atom stereocenters. The van der Waals surface area contributed by atoms with Crippen LogP contribution in [-0.2, 0) is 5.54 Å². The maximum Gasteiger partial charge on any atom is 0.308 e. The predicted octanol–water partition coefficient (Wildman–Crippen LogP) is 4.57. The van der Waals surface area contributed by atoms with Crippen molar-refractivity contribution in [2.24, 2.45) is 10.7 Å². The molecule has 2 N–H and O–H groups in total. The monoisotopic (exact) mass is 433 g/mol. The topological polar surface area (TPSA) is 90.2 Å². The summed E-state index contributed by atoms with van der Waals surface area (Å²) in [6.45, 7) is 5.38. The van der Waals surface area contributed by atoms with E-state index in [-0.39, 0.29) is 27.1 Å². The average Bonchev–Trinajstić information content (AvgIpc) is 3.00. The number of amidine groups is 1. The van der Waals surface area contributed by atoms with Crippen LogP contribution in [0, 0.1) is 31.6 Å². The van der Waals surface area contributed by atoms with Crippen LogP contribution in [0.15, 0.2) is 34.0 Å². The lowest BCUT2D eigenvalue weighted by Crippen LogP contribution is -2.31. The first-order valence-corrected chi connectivity index (χ1v) is 9.98. The van der Waals surface area contributed by atoms with Gasteiger partial charge in [-0.1, -0.05) is 16.9 Å². The number of thioether (sulfide) groups is 1. The molecule has 0 saturated carbocycles. The number of rotatable bonds is 3. The van der Waals surface area contributed by atoms with Crippen molar-refractivity contribution in [2.45, 2.75) is 38.0 Å². The van der Waals surface area contributed by atoms with E-state index in [1.165, 1.54) is 17.8 Å². The molecule has 0 spiro atoms. The van der Waals surface area contributed by atoms with Crippen molar-refractivity contribution in [3.8, 4) is 11.1 Å². The second-order valence-corrected chi connectivity index (χ2v) is 8.55. The third-order valence-corrected chi connectivity index (χ3v) is 6.20. The van der Waals surface area contributed by atoms with Crippen LogP contribution in [0.5, 0.6) is 0 Å². The van der Waals surface area contributed by atoms with E-state index in [9.17, 15) is 13.2 Å². The third-order valence-electron chi connectivity index (χ3n) is 5.18. The van der Waals surface area contributed by atoms with Crippen molar-refractivity contribution in [3.05, 3.63) is 64.8 Å². The first kappa shape index (κ1) is 20.4. The molecule has 0 saturated heterocycles. The second kappa shape index (κ2) is 7.42. The van der Waals surface area contributed by atoms with Gasteiger partial charge in [0.2, 0.25) is 0 Å². The lowest BCUT2D eigenvalue weighted by atomic mass is 9.84. The molecule has 0 unspecified atom stereocenters. The van der Waals surface area contributed by atoms with Gasteiger partial charge in [0.15, 0.2) is 5.17 Å². The van der Waals surface area contributed by atoms with Gasteiger partial charge in [0.25, 0.3) is 0 Å². The summed E-state index contributed by atoms with van der Waals surface area (Å²) in [5.41, 5.74) is 7.09. The Morgan fingerprint density at radius 3 is 2.47 bits per heavy atom. The molecule has 30 heavy (non-hydrogen) atoms. The number of hydrogen-bond donors (Lipinski definition) is 1. The zero-order valence-electron chi connectivity index (χ0n) is 16.4. The largest absolute Gasteiger partial charge is 0.378 e. The van der Waals surface area contributed by atoms with Crippen LogP contribution in [0.3, 0.4) is 0 Å². The maximum atomic E-state index is 14.9. The van der Waals surface area contributed by atoms with Gasteiger partial charge in [-0.2, -0.15) is 4.39 Å². The summed E-state index contributed by atoms with van der Waals surface area (Å²) < 4.78 is 47.8. The van der Waals surface area contributed by atoms with E-state index in [1.807, 2.05) is 6.92 Å². The van der Waals surface area contributed by atoms with Crippen LogP contribution in [0.25, 0.3) is 11.1 Å². The van der Waals surface area contributed by atoms with Crippen molar-refractivity contribution in [1.82, 2.24) is 15.1 Å². The molecular weight excluding hydrogens is 415 g/mol. The minimum absolute atomic E-state index is 0.0495. The molecule has 1 aromatic carbocycles. The Morgan fingerprint density at radius 2 is 1.83 bits per heavy atom. The summed E-state index contributed by atoms with van der Waals surface area (Å²) in [5, 5.41) is 4.11. The van der Waals surface area contributed by atoms with Gasteiger partial charge >= 0.3 is 6.08 Å². The number of aromatic nitrogens is 3. The molecular formula is C20H18F3N5OS. The van der Waals surface area contributed by atoms with Gasteiger partial charge < -0.3 is 10.3 Å². The summed E-state index contributed by atoms with van der Waals surface area (Å²) >= 11 is 1.35. The van der Waals surface area contributed by atoms with Crippen molar-refractivity contribution in [3.63, 3.8) is 0 Å². The van der Waals surface area contributed by atoms with Crippen LogP contribution in [0.1, 0.15) is 41.2 Å². The number of benzene rings is 1. The molecule has 10 heteroatoms. The van der Waals surface area contributed by atoms with Crippen LogP contribution in [0.4, 0.5) is 13.2 Å². The number of aryl methyl sites for hydroxylation is 2. The summed E-state index contributed by atoms with van der Waals surface area (Å²) in [4.78, 5) is 11.4. The molecule has 156 valence electrons. The Labute approximate surface area is 174 Å². The van der Waals surface area contributed by atoms with Crippen molar-refractivity contribution in [2.75, 3.05) is 0 Å². The first-order valence-electron chi connectivity index (χ1n) is 9.10. The van der Waals surface area contributed by atoms with E-state index in [0.29, 0.717) is 12.2 Å². The Balaban J connectivity index is 1.81. The van der Waals surface area contributed by atoms with Crippen molar-refractivity contribution >= 4 is 16.9 Å². The number of nitrogens with zero attached hydrogens (tertiary/aromatic N) is 4. The SMILES string of the molecule is Cc1noc(C)c1[C@@H]1C[C@@](C)(c2cc(-c3cnc(F)nc3)c(F)cc2F)N=C(N)S1. The maximum absolute atomic E-state index is 14.9. The molecule has 0 amide bonds. The van der Waals surface area contributed by atoms with E-state index >= 15 is 0 Å². The van der Waals surface area contributed by atoms with Gasteiger partial charge in [0.05, 0.1) is 11.2 Å². The Bertz CT molecular complexity index is 1130. The van der Waals surface area contributed by atoms with Crippen molar-refractivity contribution in [1.29, 1.82) is 0 Å². The molecule has 0 bridgehead atoms. The van der Waals surface area contributed by atoms with Crippen molar-refractivity contribution < 1.29 is 17.7 Å². The highest BCUT2D eigenvalue weighted by Crippen LogP contribution is 2.49. The average molecular weight is 433 g/mol. The quantitative estimate of drug-likeness (QED) is 0.609. The van der Waals surface area contributed by atoms with Crippen LogP contribution in [0.2, 0.25) is 0 Å². The highest BCUT2D eigenvalue weighted by atomic mass is 32.2. The summed E-state index contributed by atoms with van der Waals surface area (Å²) in [5.74, 6) is -0.895. The van der Waals surface area contributed by atoms with E-state index < -0.39 is 23.3 Å². The van der Waals surface area contributed by atoms with E-state index in [0.717, 1.165) is 29.7 Å². The Morgan fingerprint density at radius 1 is 1.13 bits per heavy atom. The number of halogens is 3. The van der Waals surface area contributed by atoms with Gasteiger partial charge in [0.1, 0.15) is 17.4 Å². The van der Waals surface area contributed by atoms with E-state index in [4.69, 9.17) is 10.3 Å². The lowest BCUT2D eigenvalue weighted by Gasteiger charge is -2.35. The third kappa shape index (κ3) is 3.55. The first-order chi connectivity index (χ1) is 14.2.